The number of hydrogen-bond acceptors (Lipinski definition) is 4. The molecule has 1 N–H and O–H groups in total. The van der Waals surface area contributed by atoms with Gasteiger partial charge in [0, 0.05) is 12.6 Å². The predicted molar refractivity (Wildman–Crippen MR) is 78.9 cm³/mol. The normalized spacial score (nSPS) is 28.6. The maximum Gasteiger partial charge on any atom is 0.325 e. The van der Waals surface area contributed by atoms with Gasteiger partial charge in [0.05, 0.1) is 5.69 Å². The van der Waals surface area contributed by atoms with Crippen molar-refractivity contribution in [3.63, 3.8) is 0 Å². The van der Waals surface area contributed by atoms with Crippen molar-refractivity contribution in [2.45, 2.75) is 56.6 Å². The molecule has 2 atom stereocenters. The summed E-state index contributed by atoms with van der Waals surface area (Å²) in [6, 6.07) is 1.41. The Morgan fingerprint density at radius 1 is 1.50 bits per heavy atom. The van der Waals surface area contributed by atoms with Gasteiger partial charge in [0.15, 0.2) is 5.03 Å². The van der Waals surface area contributed by atoms with E-state index in [0.29, 0.717) is 18.5 Å². The Kier molecular flexibility index (Phi) is 3.37. The minimum absolute atomic E-state index is 0.0648. The molecule has 2 aliphatic rings. The van der Waals surface area contributed by atoms with E-state index in [9.17, 15) is 18.3 Å². The molecular formula is C14H21N3O4S. The number of sulfonamides is 1. The number of carbonyl (C=O) groups is 1. The number of aromatic nitrogens is 2. The molecule has 8 heteroatoms. The summed E-state index contributed by atoms with van der Waals surface area (Å²) in [6.45, 7) is 5.71. The zero-order chi connectivity index (χ0) is 16.3. The number of nitrogens with zero attached hydrogens (tertiary/aromatic N) is 3. The molecule has 1 saturated heterocycles. The molecule has 2 heterocycles. The van der Waals surface area contributed by atoms with Crippen LogP contribution in [0.4, 0.5) is 0 Å². The number of carboxylic acid groups (broad SMARTS) is 1. The minimum Gasteiger partial charge on any atom is -0.480 e. The molecule has 0 unspecified atom stereocenters. The number of hydrogen-bond donors (Lipinski definition) is 1. The van der Waals surface area contributed by atoms with Gasteiger partial charge in [-0.25, -0.2) is 8.42 Å². The zero-order valence-electron chi connectivity index (χ0n) is 13.0. The Bertz CT molecular complexity index is 724. The van der Waals surface area contributed by atoms with Gasteiger partial charge in [0.25, 0.3) is 10.0 Å². The summed E-state index contributed by atoms with van der Waals surface area (Å²) in [5.41, 5.74) is -0.627. The highest BCUT2D eigenvalue weighted by Crippen LogP contribution is 2.56. The maximum atomic E-state index is 13.1. The summed E-state index contributed by atoms with van der Waals surface area (Å²) in [6.07, 6.45) is 1.89. The number of piperidine rings is 1. The molecule has 0 amide bonds. The van der Waals surface area contributed by atoms with Gasteiger partial charge in [-0.05, 0) is 52.0 Å². The van der Waals surface area contributed by atoms with Crippen LogP contribution < -0.4 is 0 Å². The fourth-order valence-electron chi connectivity index (χ4n) is 3.52. The molecule has 1 aromatic heterocycles. The first-order valence-electron chi connectivity index (χ1n) is 7.53. The van der Waals surface area contributed by atoms with E-state index in [1.807, 2.05) is 13.8 Å². The van der Waals surface area contributed by atoms with Gasteiger partial charge in [-0.1, -0.05) is 0 Å². The van der Waals surface area contributed by atoms with E-state index in [4.69, 9.17) is 0 Å². The SMILES string of the molecule is Cc1cc(S(=O)(=O)N2CCC[C@@H]3C[C@@]32C(=O)O)n(C(C)C)n1. The van der Waals surface area contributed by atoms with E-state index in [1.54, 1.807) is 6.92 Å². The Hall–Kier alpha value is -1.41. The molecule has 1 saturated carbocycles. The van der Waals surface area contributed by atoms with Gasteiger partial charge < -0.3 is 5.11 Å². The Balaban J connectivity index is 2.09. The Morgan fingerprint density at radius 2 is 2.18 bits per heavy atom. The summed E-state index contributed by atoms with van der Waals surface area (Å²) in [4.78, 5) is 11.7. The van der Waals surface area contributed by atoms with Crippen molar-refractivity contribution in [1.29, 1.82) is 0 Å². The first kappa shape index (κ1) is 15.5. The van der Waals surface area contributed by atoms with E-state index in [0.717, 1.165) is 6.42 Å². The second kappa shape index (κ2) is 4.79. The molecule has 3 rings (SSSR count). The van der Waals surface area contributed by atoms with Crippen molar-refractivity contribution in [2.75, 3.05) is 6.54 Å². The minimum atomic E-state index is -3.87. The number of rotatable bonds is 4. The highest BCUT2D eigenvalue weighted by atomic mass is 32.2. The lowest BCUT2D eigenvalue weighted by atomic mass is 10.1. The number of aryl methyl sites for hydroxylation is 1. The van der Waals surface area contributed by atoms with Crippen LogP contribution in [0.1, 0.15) is 44.8 Å². The molecule has 0 spiro atoms. The fourth-order valence-corrected chi connectivity index (χ4v) is 5.65. The second-order valence-corrected chi connectivity index (χ2v) is 8.32. The van der Waals surface area contributed by atoms with Crippen molar-refractivity contribution in [3.05, 3.63) is 11.8 Å². The Labute approximate surface area is 130 Å². The van der Waals surface area contributed by atoms with Crippen molar-refractivity contribution >= 4 is 16.0 Å². The molecule has 2 fully saturated rings. The summed E-state index contributed by atoms with van der Waals surface area (Å²) in [5, 5.41) is 13.9. The van der Waals surface area contributed by atoms with Crippen LogP contribution in [0, 0.1) is 12.8 Å². The molecule has 1 aliphatic carbocycles. The van der Waals surface area contributed by atoms with Crippen LogP contribution in [0.3, 0.4) is 0 Å². The first-order valence-corrected chi connectivity index (χ1v) is 8.97. The average Bonchev–Trinajstić information content (AvgIpc) is 3.06. The van der Waals surface area contributed by atoms with Crippen molar-refractivity contribution < 1.29 is 18.3 Å². The van der Waals surface area contributed by atoms with E-state index in [2.05, 4.69) is 5.10 Å². The second-order valence-electron chi connectivity index (χ2n) is 6.51. The highest BCUT2D eigenvalue weighted by Gasteiger charge is 2.68. The van der Waals surface area contributed by atoms with Gasteiger partial charge in [-0.15, -0.1) is 0 Å². The monoisotopic (exact) mass is 327 g/mol. The van der Waals surface area contributed by atoms with Crippen LogP contribution >= 0.6 is 0 Å². The van der Waals surface area contributed by atoms with Gasteiger partial charge in [-0.3, -0.25) is 9.48 Å². The van der Waals surface area contributed by atoms with Crippen LogP contribution in [0.15, 0.2) is 11.1 Å². The maximum absolute atomic E-state index is 13.1. The van der Waals surface area contributed by atoms with Crippen molar-refractivity contribution in [1.82, 2.24) is 14.1 Å². The zero-order valence-corrected chi connectivity index (χ0v) is 13.8. The molecule has 0 aromatic carbocycles. The Morgan fingerprint density at radius 3 is 2.77 bits per heavy atom. The predicted octanol–water partition coefficient (Wildman–Crippen LogP) is 1.40. The fraction of sp³-hybridized carbons (Fsp3) is 0.714. The summed E-state index contributed by atoms with van der Waals surface area (Å²) in [7, 11) is -3.87. The average molecular weight is 327 g/mol. The van der Waals surface area contributed by atoms with Crippen LogP contribution in [0.25, 0.3) is 0 Å². The molecule has 1 aromatic rings. The highest BCUT2D eigenvalue weighted by molar-refractivity contribution is 7.89. The van der Waals surface area contributed by atoms with Crippen LogP contribution in [0.2, 0.25) is 0 Å². The lowest BCUT2D eigenvalue weighted by molar-refractivity contribution is -0.144. The van der Waals surface area contributed by atoms with Crippen LogP contribution in [-0.4, -0.2) is 45.7 Å². The molecular weight excluding hydrogens is 306 g/mol. The van der Waals surface area contributed by atoms with Gasteiger partial charge in [0.2, 0.25) is 0 Å². The molecule has 22 heavy (non-hydrogen) atoms. The van der Waals surface area contributed by atoms with Gasteiger partial charge >= 0.3 is 5.97 Å². The van der Waals surface area contributed by atoms with Crippen molar-refractivity contribution in [3.8, 4) is 0 Å². The van der Waals surface area contributed by atoms with E-state index in [1.165, 1.54) is 15.1 Å². The topological polar surface area (TPSA) is 92.5 Å². The summed E-state index contributed by atoms with van der Waals surface area (Å²) < 4.78 is 28.8. The third-order valence-electron chi connectivity index (χ3n) is 4.67. The number of carboxylic acids is 1. The summed E-state index contributed by atoms with van der Waals surface area (Å²) in [5.74, 6) is -1.10. The van der Waals surface area contributed by atoms with E-state index < -0.39 is 21.5 Å². The van der Waals surface area contributed by atoms with Crippen molar-refractivity contribution in [2.24, 2.45) is 5.92 Å². The van der Waals surface area contributed by atoms with Gasteiger partial charge in [0.1, 0.15) is 5.54 Å². The standard InChI is InChI=1S/C14H21N3O4S/c1-9(2)17-12(7-10(3)15-17)22(20,21)16-6-4-5-11-8-14(11,16)13(18)19/h7,9,11H,4-6,8H2,1-3H3,(H,18,19)/t11-,14+/m1/s1. The first-order chi connectivity index (χ1) is 10.2. The molecule has 7 nitrogen and oxygen atoms in total. The molecule has 122 valence electrons. The van der Waals surface area contributed by atoms with E-state index >= 15 is 0 Å². The third-order valence-corrected chi connectivity index (χ3v) is 6.59. The third kappa shape index (κ3) is 2.00. The molecule has 0 bridgehead atoms. The number of aliphatic carboxylic acids is 1. The lowest BCUT2D eigenvalue weighted by Crippen LogP contribution is -2.51. The summed E-state index contributed by atoms with van der Waals surface area (Å²) >= 11 is 0. The van der Waals surface area contributed by atoms with Gasteiger partial charge in [-0.2, -0.15) is 9.40 Å². The smallest absolute Gasteiger partial charge is 0.325 e. The quantitative estimate of drug-likeness (QED) is 0.902. The lowest BCUT2D eigenvalue weighted by Gasteiger charge is -2.32. The largest absolute Gasteiger partial charge is 0.480 e. The number of fused-ring (bicyclic) bond motifs is 1. The molecule has 0 radical (unpaired) electrons. The van der Waals surface area contributed by atoms with E-state index in [-0.39, 0.29) is 23.5 Å². The van der Waals surface area contributed by atoms with Crippen LogP contribution in [-0.2, 0) is 14.8 Å². The van der Waals surface area contributed by atoms with Crippen LogP contribution in [0.5, 0.6) is 0 Å². The molecule has 1 aliphatic heterocycles.